The Labute approximate surface area is 468 Å². The largest absolute Gasteiger partial charge is 0.484 e. The lowest BCUT2D eigenvalue weighted by molar-refractivity contribution is -0.153. The minimum Gasteiger partial charge on any atom is -0.484 e. The van der Waals surface area contributed by atoms with Crippen molar-refractivity contribution in [1.29, 1.82) is 0 Å². The predicted molar refractivity (Wildman–Crippen MR) is 292 cm³/mol. The second-order valence-corrected chi connectivity index (χ2v) is 24.1. The number of piperidine rings is 1. The van der Waals surface area contributed by atoms with E-state index in [9.17, 15) is 56.7 Å². The summed E-state index contributed by atoms with van der Waals surface area (Å²) in [6.07, 6.45) is 2.45. The molecule has 0 saturated carbocycles. The van der Waals surface area contributed by atoms with Crippen molar-refractivity contribution in [3.8, 4) is 17.6 Å². The molecule has 2 unspecified atom stereocenters. The van der Waals surface area contributed by atoms with Gasteiger partial charge in [-0.05, 0) is 95.3 Å². The highest BCUT2D eigenvalue weighted by molar-refractivity contribution is 7.52. The van der Waals surface area contributed by atoms with Gasteiger partial charge in [-0.25, -0.2) is 0 Å². The smallest absolute Gasteiger partial charge is 0.399 e. The molecule has 5 N–H and O–H groups in total. The van der Waals surface area contributed by atoms with Crippen molar-refractivity contribution >= 4 is 76.3 Å². The van der Waals surface area contributed by atoms with Gasteiger partial charge in [-0.3, -0.25) is 53.1 Å². The summed E-state index contributed by atoms with van der Waals surface area (Å²) in [5.41, 5.74) is -3.16. The number of halogens is 2. The highest BCUT2D eigenvalue weighted by Gasteiger charge is 2.51. The molecular formula is C58H59F2N6O13PS. The van der Waals surface area contributed by atoms with E-state index in [0.717, 1.165) is 52.3 Å². The van der Waals surface area contributed by atoms with Crippen LogP contribution in [0.4, 0.5) is 8.78 Å². The molecule has 4 aliphatic rings. The van der Waals surface area contributed by atoms with Crippen molar-refractivity contribution in [2.45, 2.75) is 102 Å². The molecule has 5 heterocycles. The SMILES string of the molecule is CC(C)(C)C(NC(=O)c1cc2cc(C(F)(F)P(=O)(O)O)ccc2s1)C(=O)N1Cc2cc(OCC(=O)NCCCCCC#Cc3ccc4c(c3)C(=O)N(C3CCC(=O)NC3=O)C4=O)ccc2C[C@H]1C(=O)N1CCO[C@H](c2ccccc2)C1. The van der Waals surface area contributed by atoms with Crippen LogP contribution in [0.3, 0.4) is 0 Å². The average Bonchev–Trinajstić information content (AvgIpc) is 4.12. The number of hydrogen-bond acceptors (Lipinski definition) is 12. The van der Waals surface area contributed by atoms with Gasteiger partial charge in [-0.1, -0.05) is 81.5 Å². The summed E-state index contributed by atoms with van der Waals surface area (Å²) in [5.74, 6) is 2.16. The fraction of sp³-hybridized carbons (Fsp3) is 0.379. The number of thiophene rings is 1. The first-order chi connectivity index (χ1) is 38.5. The zero-order chi connectivity index (χ0) is 58.0. The number of carbonyl (C=O) groups excluding carboxylic acids is 8. The lowest BCUT2D eigenvalue weighted by atomic mass is 9.84. The molecule has 0 spiro atoms. The van der Waals surface area contributed by atoms with Crippen LogP contribution in [0.2, 0.25) is 0 Å². The lowest BCUT2D eigenvalue weighted by Crippen LogP contribution is -2.61. The van der Waals surface area contributed by atoms with Gasteiger partial charge in [0.2, 0.25) is 23.6 Å². The quantitative estimate of drug-likeness (QED) is 0.0314. The standard InChI is InChI=1S/C58H59F2N6O13PS/c1-57(2,3)50(63-52(70)47-30-37-27-39(17-21-46(37)81-47)58(59,60)80(75,76)77)56(74)65-31-38-28-40(18-16-36(38)29-44(65)55(73)64-24-25-78-45(32-64)35-13-9-7-10-14-35)79-33-49(68)61-23-11-6-4-5-8-12-34-15-19-41-42(26-34)54(72)66(53(41)71)43-20-22-48(67)62-51(43)69/h7,9-10,13-19,21,26-28,30,43-45,50H,4-6,11,20,22-25,29,31-33H2,1-3H3,(H,61,68)(H,63,70)(H,62,67,69)(H2,75,76,77)/t43?,44-,45-,50?/m0/s1. The van der Waals surface area contributed by atoms with Crippen molar-refractivity contribution in [2.24, 2.45) is 5.41 Å². The van der Waals surface area contributed by atoms with Crippen LogP contribution in [-0.2, 0) is 51.9 Å². The van der Waals surface area contributed by atoms with Crippen molar-refractivity contribution in [3.63, 3.8) is 0 Å². The summed E-state index contributed by atoms with van der Waals surface area (Å²) in [6, 6.07) is 20.4. The average molecular weight is 1150 g/mol. The minimum absolute atomic E-state index is 0.0246. The third-order valence-electron chi connectivity index (χ3n) is 14.6. The normalized spacial score (nSPS) is 18.8. The maximum absolute atomic E-state index is 15.1. The van der Waals surface area contributed by atoms with Crippen LogP contribution in [0.25, 0.3) is 10.1 Å². The fourth-order valence-electron chi connectivity index (χ4n) is 10.2. The number of hydrogen-bond donors (Lipinski definition) is 5. The Morgan fingerprint density at radius 2 is 1.68 bits per heavy atom. The Balaban J connectivity index is 0.819. The Kier molecular flexibility index (Phi) is 17.0. The van der Waals surface area contributed by atoms with Crippen LogP contribution in [0.15, 0.2) is 91.0 Å². The van der Waals surface area contributed by atoms with Crippen LogP contribution in [-0.4, -0.2) is 123 Å². The van der Waals surface area contributed by atoms with E-state index in [2.05, 4.69) is 27.8 Å². The molecule has 19 nitrogen and oxygen atoms in total. The van der Waals surface area contributed by atoms with Gasteiger partial charge in [-0.2, -0.15) is 8.78 Å². The van der Waals surface area contributed by atoms with E-state index in [-0.39, 0.29) is 85.3 Å². The second-order valence-electron chi connectivity index (χ2n) is 21.4. The lowest BCUT2D eigenvalue weighted by Gasteiger charge is -2.43. The summed E-state index contributed by atoms with van der Waals surface area (Å²) in [7, 11) is -5.87. The Bertz CT molecular complexity index is 3460. The van der Waals surface area contributed by atoms with Gasteiger partial charge in [0.1, 0.15) is 30.0 Å². The molecule has 4 aromatic carbocycles. The summed E-state index contributed by atoms with van der Waals surface area (Å²) in [6.45, 7) is 6.02. The number of carbonyl (C=O) groups is 8. The van der Waals surface area contributed by atoms with Crippen molar-refractivity contribution < 1.29 is 71.0 Å². The molecule has 8 amide bonds. The maximum atomic E-state index is 15.1. The van der Waals surface area contributed by atoms with Crippen LogP contribution >= 0.6 is 18.9 Å². The summed E-state index contributed by atoms with van der Waals surface area (Å²) in [4.78, 5) is 130. The van der Waals surface area contributed by atoms with Gasteiger partial charge < -0.3 is 39.7 Å². The number of imide groups is 2. The molecule has 0 bridgehead atoms. The number of unbranched alkanes of at least 4 members (excludes halogenated alkanes) is 3. The van der Waals surface area contributed by atoms with Crippen molar-refractivity contribution in [1.82, 2.24) is 30.7 Å². The number of morpholine rings is 1. The van der Waals surface area contributed by atoms with E-state index in [1.54, 1.807) is 49.9 Å². The van der Waals surface area contributed by atoms with E-state index in [4.69, 9.17) is 9.47 Å². The first-order valence-corrected chi connectivity index (χ1v) is 28.8. The van der Waals surface area contributed by atoms with E-state index in [0.29, 0.717) is 41.0 Å². The summed E-state index contributed by atoms with van der Waals surface area (Å²) >= 11 is 0.944. The van der Waals surface area contributed by atoms with Gasteiger partial charge in [0.25, 0.3) is 23.6 Å². The summed E-state index contributed by atoms with van der Waals surface area (Å²) in [5, 5.41) is 8.02. The van der Waals surface area contributed by atoms with E-state index < -0.39 is 83.9 Å². The first kappa shape index (κ1) is 58.0. The number of nitrogens with one attached hydrogen (secondary N) is 3. The van der Waals surface area contributed by atoms with E-state index >= 15 is 4.79 Å². The maximum Gasteiger partial charge on any atom is 0.399 e. The van der Waals surface area contributed by atoms with Crippen molar-refractivity contribution in [2.75, 3.05) is 32.8 Å². The molecule has 4 aliphatic heterocycles. The summed E-state index contributed by atoms with van der Waals surface area (Å²) < 4.78 is 53.3. The molecule has 0 aliphatic carbocycles. The van der Waals surface area contributed by atoms with Gasteiger partial charge in [0, 0.05) is 54.7 Å². The number of ether oxygens (including phenoxy) is 2. The predicted octanol–water partition coefficient (Wildman–Crippen LogP) is 6.33. The number of rotatable bonds is 16. The Morgan fingerprint density at radius 3 is 2.42 bits per heavy atom. The van der Waals surface area contributed by atoms with E-state index in [1.165, 1.54) is 29.2 Å². The number of benzene rings is 4. The molecule has 1 aromatic heterocycles. The first-order valence-electron chi connectivity index (χ1n) is 26.4. The molecule has 9 rings (SSSR count). The molecule has 2 fully saturated rings. The molecule has 5 aromatic rings. The monoisotopic (exact) mass is 1150 g/mol. The molecule has 424 valence electrons. The molecule has 2 saturated heterocycles. The highest BCUT2D eigenvalue weighted by Crippen LogP contribution is 2.59. The van der Waals surface area contributed by atoms with Crippen LogP contribution < -0.4 is 20.7 Å². The second kappa shape index (κ2) is 23.8. The Hall–Kier alpha value is -7.67. The number of amides is 8. The zero-order valence-electron chi connectivity index (χ0n) is 44.5. The van der Waals surface area contributed by atoms with Gasteiger partial charge in [0.15, 0.2) is 6.61 Å². The highest BCUT2D eigenvalue weighted by atomic mass is 32.1. The molecule has 4 atom stereocenters. The topological polar surface area (TPSA) is 258 Å². The fourth-order valence-corrected chi connectivity index (χ4v) is 11.6. The third kappa shape index (κ3) is 12.8. The molecular weight excluding hydrogens is 1090 g/mol. The number of nitrogens with zero attached hydrogens (tertiary/aromatic N) is 3. The number of alkyl halides is 2. The third-order valence-corrected chi connectivity index (χ3v) is 16.7. The van der Waals surface area contributed by atoms with E-state index in [1.807, 2.05) is 30.3 Å². The van der Waals surface area contributed by atoms with Gasteiger partial charge in [-0.15, -0.1) is 11.3 Å². The van der Waals surface area contributed by atoms with Gasteiger partial charge in [0.05, 0.1) is 29.2 Å². The molecule has 23 heteroatoms. The van der Waals surface area contributed by atoms with Crippen LogP contribution in [0.1, 0.15) is 124 Å². The van der Waals surface area contributed by atoms with Gasteiger partial charge >= 0.3 is 13.3 Å². The van der Waals surface area contributed by atoms with Crippen LogP contribution in [0.5, 0.6) is 5.75 Å². The van der Waals surface area contributed by atoms with Crippen molar-refractivity contribution in [3.05, 3.63) is 135 Å². The minimum atomic E-state index is -5.87. The molecule has 0 radical (unpaired) electrons. The number of fused-ring (bicyclic) bond motifs is 3. The zero-order valence-corrected chi connectivity index (χ0v) is 46.2. The molecule has 81 heavy (non-hydrogen) atoms. The Morgan fingerprint density at radius 1 is 0.914 bits per heavy atom. The van der Waals surface area contributed by atoms with Crippen LogP contribution in [0, 0.1) is 17.3 Å².